The lowest BCUT2D eigenvalue weighted by Crippen LogP contribution is -2.03. The van der Waals surface area contributed by atoms with E-state index in [1.807, 2.05) is 16.7 Å². The largest absolute Gasteiger partial charge is 0.368 e. The van der Waals surface area contributed by atoms with Crippen LogP contribution in [0.3, 0.4) is 0 Å². The van der Waals surface area contributed by atoms with Crippen LogP contribution in [0.4, 0.5) is 5.95 Å². The first-order chi connectivity index (χ1) is 8.70. The number of nitrogen functional groups attached to an aromatic ring is 1. The highest BCUT2D eigenvalue weighted by molar-refractivity contribution is 9.10. The Morgan fingerprint density at radius 2 is 2.06 bits per heavy atom. The molecule has 2 aromatic rings. The summed E-state index contributed by atoms with van der Waals surface area (Å²) in [6.07, 6.45) is 1.78. The molecule has 1 aromatic carbocycles. The predicted octanol–water partition coefficient (Wildman–Crippen LogP) is 3.10. The Morgan fingerprint density at radius 3 is 2.72 bits per heavy atom. The number of nitrogens with zero attached hydrogens (tertiary/aromatic N) is 3. The number of anilines is 1. The summed E-state index contributed by atoms with van der Waals surface area (Å²) in [7, 11) is 0. The number of thioether (sulfide) groups is 1. The van der Waals surface area contributed by atoms with Gasteiger partial charge in [0.25, 0.3) is 0 Å². The third kappa shape index (κ3) is 3.14. The number of nitrogens with two attached hydrogens (primary N) is 1. The minimum Gasteiger partial charge on any atom is -0.368 e. The fourth-order valence-corrected chi connectivity index (χ4v) is 2.61. The maximum Gasteiger partial charge on any atom is 0.222 e. The molecular formula is C12H13BrN4S. The van der Waals surface area contributed by atoms with Crippen molar-refractivity contribution in [3.05, 3.63) is 47.0 Å². The van der Waals surface area contributed by atoms with Crippen molar-refractivity contribution in [2.75, 3.05) is 5.73 Å². The smallest absolute Gasteiger partial charge is 0.222 e. The Hall–Kier alpha value is -1.27. The zero-order valence-corrected chi connectivity index (χ0v) is 12.1. The summed E-state index contributed by atoms with van der Waals surface area (Å²) in [6.45, 7) is 4.33. The van der Waals surface area contributed by atoms with Crippen molar-refractivity contribution in [1.82, 2.24) is 14.8 Å². The lowest BCUT2D eigenvalue weighted by atomic mass is 10.2. The summed E-state index contributed by atoms with van der Waals surface area (Å²) < 4.78 is 2.92. The molecule has 6 heteroatoms. The van der Waals surface area contributed by atoms with E-state index in [2.05, 4.69) is 44.8 Å². The molecule has 0 amide bonds. The summed E-state index contributed by atoms with van der Waals surface area (Å²) >= 11 is 5.03. The molecule has 0 aliphatic rings. The number of hydrogen-bond acceptors (Lipinski definition) is 4. The zero-order chi connectivity index (χ0) is 13.0. The first kappa shape index (κ1) is 13.2. The van der Waals surface area contributed by atoms with Gasteiger partial charge in [-0.2, -0.15) is 0 Å². The molecule has 0 aliphatic heterocycles. The molecule has 0 atom stereocenters. The molecule has 0 saturated heterocycles. The molecule has 2 rings (SSSR count). The highest BCUT2D eigenvalue weighted by Crippen LogP contribution is 2.23. The molecule has 0 aliphatic carbocycles. The second-order valence-corrected chi connectivity index (χ2v) is 5.51. The Kier molecular flexibility index (Phi) is 4.43. The topological polar surface area (TPSA) is 56.7 Å². The number of benzene rings is 1. The Balaban J connectivity index is 2.05. The third-order valence-electron chi connectivity index (χ3n) is 2.34. The van der Waals surface area contributed by atoms with Crippen molar-refractivity contribution in [3.63, 3.8) is 0 Å². The quantitative estimate of drug-likeness (QED) is 0.678. The number of hydrogen-bond donors (Lipinski definition) is 1. The maximum atomic E-state index is 5.74. The molecule has 18 heavy (non-hydrogen) atoms. The second kappa shape index (κ2) is 6.06. The highest BCUT2D eigenvalue weighted by Gasteiger charge is 2.08. The summed E-state index contributed by atoms with van der Waals surface area (Å²) in [5, 5.41) is 8.75. The fraction of sp³-hybridized carbons (Fsp3) is 0.167. The van der Waals surface area contributed by atoms with E-state index in [1.165, 1.54) is 5.56 Å². The van der Waals surface area contributed by atoms with Gasteiger partial charge in [0.2, 0.25) is 5.95 Å². The van der Waals surface area contributed by atoms with Gasteiger partial charge in [-0.15, -0.1) is 16.8 Å². The average molecular weight is 325 g/mol. The molecule has 4 nitrogen and oxygen atoms in total. The summed E-state index contributed by atoms with van der Waals surface area (Å²) in [4.78, 5) is 0. The SMILES string of the molecule is C=CCn1c(N)nnc1SCc1ccc(Br)cc1. The molecule has 0 bridgehead atoms. The van der Waals surface area contributed by atoms with Gasteiger partial charge in [0, 0.05) is 16.8 Å². The Bertz CT molecular complexity index is 536. The molecule has 0 saturated carbocycles. The van der Waals surface area contributed by atoms with Crippen molar-refractivity contribution < 1.29 is 0 Å². The monoisotopic (exact) mass is 324 g/mol. The molecule has 0 unspecified atom stereocenters. The first-order valence-corrected chi connectivity index (χ1v) is 7.15. The molecule has 0 spiro atoms. The van der Waals surface area contributed by atoms with E-state index in [0.717, 1.165) is 15.4 Å². The van der Waals surface area contributed by atoms with Crippen LogP contribution in [0, 0.1) is 0 Å². The standard InChI is InChI=1S/C12H13BrN4S/c1-2-7-17-11(14)15-16-12(17)18-8-9-3-5-10(13)6-4-9/h2-6H,1,7-8H2,(H2,14,15). The van der Waals surface area contributed by atoms with E-state index in [-0.39, 0.29) is 0 Å². The van der Waals surface area contributed by atoms with E-state index >= 15 is 0 Å². The van der Waals surface area contributed by atoms with Crippen molar-refractivity contribution in [2.24, 2.45) is 0 Å². The molecule has 1 heterocycles. The molecule has 2 N–H and O–H groups in total. The van der Waals surface area contributed by atoms with Crippen LogP contribution in [0.1, 0.15) is 5.56 Å². The number of halogens is 1. The summed E-state index contributed by atoms with van der Waals surface area (Å²) in [6, 6.07) is 8.21. The van der Waals surface area contributed by atoms with Crippen LogP contribution in [-0.2, 0) is 12.3 Å². The van der Waals surface area contributed by atoms with Crippen LogP contribution in [0.15, 0.2) is 46.5 Å². The van der Waals surface area contributed by atoms with Gasteiger partial charge >= 0.3 is 0 Å². The van der Waals surface area contributed by atoms with Gasteiger partial charge in [-0.05, 0) is 17.7 Å². The van der Waals surface area contributed by atoms with Gasteiger partial charge in [0.05, 0.1) is 0 Å². The van der Waals surface area contributed by atoms with Crippen molar-refractivity contribution in [1.29, 1.82) is 0 Å². The minimum absolute atomic E-state index is 0.424. The van der Waals surface area contributed by atoms with Crippen LogP contribution in [0.2, 0.25) is 0 Å². The van der Waals surface area contributed by atoms with Crippen LogP contribution in [0.25, 0.3) is 0 Å². The molecule has 0 radical (unpaired) electrons. The summed E-state index contributed by atoms with van der Waals surface area (Å²) in [5.74, 6) is 1.26. The van der Waals surface area contributed by atoms with Crippen molar-refractivity contribution >= 4 is 33.6 Å². The zero-order valence-electron chi connectivity index (χ0n) is 9.71. The third-order valence-corrected chi connectivity index (χ3v) is 3.90. The maximum absolute atomic E-state index is 5.74. The number of aromatic nitrogens is 3. The molecular weight excluding hydrogens is 312 g/mol. The predicted molar refractivity (Wildman–Crippen MR) is 78.3 cm³/mol. The van der Waals surface area contributed by atoms with Crippen LogP contribution < -0.4 is 5.73 Å². The van der Waals surface area contributed by atoms with Crippen LogP contribution >= 0.6 is 27.7 Å². The Labute approximate surface area is 118 Å². The second-order valence-electron chi connectivity index (χ2n) is 3.66. The van der Waals surface area contributed by atoms with Crippen LogP contribution in [-0.4, -0.2) is 14.8 Å². The van der Waals surface area contributed by atoms with E-state index in [4.69, 9.17) is 5.73 Å². The summed E-state index contributed by atoms with van der Waals surface area (Å²) in [5.41, 5.74) is 6.97. The average Bonchev–Trinajstić information content (AvgIpc) is 2.71. The van der Waals surface area contributed by atoms with Gasteiger partial charge in [0.15, 0.2) is 5.16 Å². The normalized spacial score (nSPS) is 10.5. The lowest BCUT2D eigenvalue weighted by Gasteiger charge is -2.04. The van der Waals surface area contributed by atoms with E-state index in [9.17, 15) is 0 Å². The van der Waals surface area contributed by atoms with Gasteiger partial charge < -0.3 is 5.73 Å². The molecule has 94 valence electrons. The van der Waals surface area contributed by atoms with Gasteiger partial charge in [0.1, 0.15) is 0 Å². The van der Waals surface area contributed by atoms with Gasteiger partial charge in [-0.3, -0.25) is 4.57 Å². The van der Waals surface area contributed by atoms with E-state index in [0.29, 0.717) is 12.5 Å². The highest BCUT2D eigenvalue weighted by atomic mass is 79.9. The van der Waals surface area contributed by atoms with Crippen LogP contribution in [0.5, 0.6) is 0 Å². The van der Waals surface area contributed by atoms with Gasteiger partial charge in [-0.1, -0.05) is 45.9 Å². The van der Waals surface area contributed by atoms with Crippen molar-refractivity contribution in [2.45, 2.75) is 17.5 Å². The molecule has 1 aromatic heterocycles. The minimum atomic E-state index is 0.424. The van der Waals surface area contributed by atoms with Crippen molar-refractivity contribution in [3.8, 4) is 0 Å². The van der Waals surface area contributed by atoms with E-state index < -0.39 is 0 Å². The fourth-order valence-electron chi connectivity index (χ4n) is 1.44. The number of allylic oxidation sites excluding steroid dienone is 1. The van der Waals surface area contributed by atoms with E-state index in [1.54, 1.807) is 17.8 Å². The Morgan fingerprint density at radius 1 is 1.33 bits per heavy atom. The first-order valence-electron chi connectivity index (χ1n) is 5.37. The van der Waals surface area contributed by atoms with Gasteiger partial charge in [-0.25, -0.2) is 0 Å². The lowest BCUT2D eigenvalue weighted by molar-refractivity contribution is 0.733. The molecule has 0 fully saturated rings. The number of rotatable bonds is 5.